The SMILES string of the molecule is CCOC(=O)c1c(-c2ccc(F)cc2)csc1N=Cc1ccc(OCc2ccccc2)c(OC)c1. The first-order valence-electron chi connectivity index (χ1n) is 11.0. The minimum Gasteiger partial charge on any atom is -0.493 e. The summed E-state index contributed by atoms with van der Waals surface area (Å²) in [6.07, 6.45) is 1.66. The first kappa shape index (κ1) is 24.2. The van der Waals surface area contributed by atoms with Crippen LogP contribution in [-0.2, 0) is 11.3 Å². The Morgan fingerprint density at radius 2 is 1.80 bits per heavy atom. The molecule has 0 aliphatic rings. The highest BCUT2D eigenvalue weighted by molar-refractivity contribution is 7.14. The predicted octanol–water partition coefficient (Wildman–Crippen LogP) is 7.07. The van der Waals surface area contributed by atoms with E-state index in [4.69, 9.17) is 14.2 Å². The maximum atomic E-state index is 13.4. The molecule has 1 aromatic heterocycles. The molecule has 4 aromatic rings. The normalized spacial score (nSPS) is 10.9. The van der Waals surface area contributed by atoms with Crippen molar-refractivity contribution in [3.05, 3.63) is 101 Å². The highest BCUT2D eigenvalue weighted by atomic mass is 32.1. The Kier molecular flexibility index (Phi) is 7.90. The molecule has 178 valence electrons. The molecule has 0 aliphatic carbocycles. The van der Waals surface area contributed by atoms with Crippen LogP contribution in [0.4, 0.5) is 9.39 Å². The van der Waals surface area contributed by atoms with E-state index in [0.29, 0.717) is 39.8 Å². The van der Waals surface area contributed by atoms with Gasteiger partial charge in [0.15, 0.2) is 11.5 Å². The number of methoxy groups -OCH3 is 1. The summed E-state index contributed by atoms with van der Waals surface area (Å²) in [5, 5.41) is 2.33. The Labute approximate surface area is 207 Å². The van der Waals surface area contributed by atoms with E-state index in [9.17, 15) is 9.18 Å². The zero-order valence-corrected chi connectivity index (χ0v) is 20.2. The van der Waals surface area contributed by atoms with Crippen LogP contribution in [0.3, 0.4) is 0 Å². The van der Waals surface area contributed by atoms with Gasteiger partial charge in [-0.15, -0.1) is 11.3 Å². The first-order chi connectivity index (χ1) is 17.1. The van der Waals surface area contributed by atoms with E-state index in [0.717, 1.165) is 11.1 Å². The fourth-order valence-corrected chi connectivity index (χ4v) is 4.35. The van der Waals surface area contributed by atoms with Gasteiger partial charge in [-0.2, -0.15) is 0 Å². The number of carbonyl (C=O) groups excluding carboxylic acids is 1. The molecule has 0 aliphatic heterocycles. The molecular formula is C28H24FNO4S. The van der Waals surface area contributed by atoms with Crippen molar-refractivity contribution in [2.24, 2.45) is 4.99 Å². The highest BCUT2D eigenvalue weighted by Gasteiger charge is 2.21. The number of esters is 1. The van der Waals surface area contributed by atoms with E-state index in [1.807, 2.05) is 53.9 Å². The van der Waals surface area contributed by atoms with Gasteiger partial charge in [-0.25, -0.2) is 14.2 Å². The second-order valence-electron chi connectivity index (χ2n) is 7.50. The second-order valence-corrected chi connectivity index (χ2v) is 8.36. The van der Waals surface area contributed by atoms with E-state index in [2.05, 4.69) is 4.99 Å². The third kappa shape index (κ3) is 5.94. The van der Waals surface area contributed by atoms with Crippen LogP contribution in [0.15, 0.2) is 83.2 Å². The fourth-order valence-electron chi connectivity index (χ4n) is 3.44. The number of benzene rings is 3. The van der Waals surface area contributed by atoms with Crippen LogP contribution >= 0.6 is 11.3 Å². The van der Waals surface area contributed by atoms with Gasteiger partial charge >= 0.3 is 5.97 Å². The van der Waals surface area contributed by atoms with Crippen LogP contribution in [0.1, 0.15) is 28.4 Å². The first-order valence-corrected chi connectivity index (χ1v) is 11.9. The molecule has 0 unspecified atom stereocenters. The number of carbonyl (C=O) groups is 1. The molecular weight excluding hydrogens is 465 g/mol. The Hall–Kier alpha value is -3.97. The average Bonchev–Trinajstić information content (AvgIpc) is 3.31. The minimum absolute atomic E-state index is 0.238. The lowest BCUT2D eigenvalue weighted by Crippen LogP contribution is -2.05. The van der Waals surface area contributed by atoms with Gasteiger partial charge in [0.25, 0.3) is 0 Å². The number of rotatable bonds is 9. The van der Waals surface area contributed by atoms with Gasteiger partial charge in [0.2, 0.25) is 0 Å². The van der Waals surface area contributed by atoms with E-state index < -0.39 is 5.97 Å². The number of aliphatic imine (C=N–C) groups is 1. The summed E-state index contributed by atoms with van der Waals surface area (Å²) in [6.45, 7) is 2.41. The molecule has 0 N–H and O–H groups in total. The lowest BCUT2D eigenvalue weighted by Gasteiger charge is -2.11. The summed E-state index contributed by atoms with van der Waals surface area (Å²) in [5.41, 5.74) is 3.56. The summed E-state index contributed by atoms with van der Waals surface area (Å²) < 4.78 is 30.1. The minimum atomic E-state index is -0.470. The van der Waals surface area contributed by atoms with Crippen molar-refractivity contribution in [3.63, 3.8) is 0 Å². The molecule has 0 bridgehead atoms. The maximum Gasteiger partial charge on any atom is 0.341 e. The van der Waals surface area contributed by atoms with Crippen LogP contribution in [0.25, 0.3) is 11.1 Å². The van der Waals surface area contributed by atoms with E-state index in [1.54, 1.807) is 32.4 Å². The summed E-state index contributed by atoms with van der Waals surface area (Å²) in [5.74, 6) is 0.386. The number of hydrogen-bond acceptors (Lipinski definition) is 6. The lowest BCUT2D eigenvalue weighted by molar-refractivity contribution is 0.0529. The van der Waals surface area contributed by atoms with Gasteiger partial charge in [0.05, 0.1) is 13.7 Å². The molecule has 0 atom stereocenters. The largest absolute Gasteiger partial charge is 0.493 e. The number of halogens is 1. The number of thiophene rings is 1. The summed E-state index contributed by atoms with van der Waals surface area (Å²) in [6, 6.07) is 21.4. The topological polar surface area (TPSA) is 57.1 Å². The summed E-state index contributed by atoms with van der Waals surface area (Å²) >= 11 is 1.32. The van der Waals surface area contributed by atoms with E-state index in [-0.39, 0.29) is 12.4 Å². The van der Waals surface area contributed by atoms with Crippen molar-refractivity contribution in [1.82, 2.24) is 0 Å². The third-order valence-corrected chi connectivity index (χ3v) is 6.05. The predicted molar refractivity (Wildman–Crippen MR) is 137 cm³/mol. The standard InChI is InChI=1S/C28H24FNO4S/c1-3-33-28(31)26-23(21-10-12-22(29)13-11-21)18-35-27(26)30-16-20-9-14-24(25(15-20)32-2)34-17-19-7-5-4-6-8-19/h4-16,18H,3,17H2,1-2H3. The second kappa shape index (κ2) is 11.4. The quantitative estimate of drug-likeness (QED) is 0.186. The smallest absolute Gasteiger partial charge is 0.341 e. The zero-order valence-electron chi connectivity index (χ0n) is 19.4. The molecule has 3 aromatic carbocycles. The van der Waals surface area contributed by atoms with Crippen molar-refractivity contribution < 1.29 is 23.4 Å². The van der Waals surface area contributed by atoms with E-state index >= 15 is 0 Å². The lowest BCUT2D eigenvalue weighted by atomic mass is 10.0. The molecule has 35 heavy (non-hydrogen) atoms. The molecule has 0 saturated carbocycles. The van der Waals surface area contributed by atoms with Crippen molar-refractivity contribution in [1.29, 1.82) is 0 Å². The summed E-state index contributed by atoms with van der Waals surface area (Å²) in [7, 11) is 1.58. The molecule has 0 saturated heterocycles. The van der Waals surface area contributed by atoms with Crippen molar-refractivity contribution in [2.75, 3.05) is 13.7 Å². The number of ether oxygens (including phenoxy) is 3. The van der Waals surface area contributed by atoms with Gasteiger partial charge in [-0.1, -0.05) is 42.5 Å². The van der Waals surface area contributed by atoms with Crippen LogP contribution in [0.2, 0.25) is 0 Å². The van der Waals surface area contributed by atoms with Gasteiger partial charge in [-0.05, 0) is 53.9 Å². The number of hydrogen-bond donors (Lipinski definition) is 0. The number of nitrogens with zero attached hydrogens (tertiary/aromatic N) is 1. The molecule has 4 rings (SSSR count). The molecule has 7 heteroatoms. The Morgan fingerprint density at radius 1 is 1.03 bits per heavy atom. The molecule has 0 fully saturated rings. The molecule has 0 spiro atoms. The molecule has 5 nitrogen and oxygen atoms in total. The highest BCUT2D eigenvalue weighted by Crippen LogP contribution is 2.38. The molecule has 0 amide bonds. The van der Waals surface area contributed by atoms with Crippen molar-refractivity contribution >= 4 is 28.5 Å². The average molecular weight is 490 g/mol. The van der Waals surface area contributed by atoms with Crippen molar-refractivity contribution in [2.45, 2.75) is 13.5 Å². The summed E-state index contributed by atoms with van der Waals surface area (Å²) in [4.78, 5) is 17.3. The Morgan fingerprint density at radius 3 is 2.51 bits per heavy atom. The van der Waals surface area contributed by atoms with Crippen molar-refractivity contribution in [3.8, 4) is 22.6 Å². The zero-order chi connectivity index (χ0) is 24.6. The molecule has 0 radical (unpaired) electrons. The molecule has 1 heterocycles. The van der Waals surface area contributed by atoms with Gasteiger partial charge < -0.3 is 14.2 Å². The Bertz CT molecular complexity index is 1320. The van der Waals surface area contributed by atoms with Crippen LogP contribution in [-0.4, -0.2) is 25.9 Å². The van der Waals surface area contributed by atoms with Gasteiger partial charge in [0, 0.05) is 17.2 Å². The van der Waals surface area contributed by atoms with Gasteiger partial charge in [0.1, 0.15) is 23.0 Å². The Balaban J connectivity index is 1.59. The monoisotopic (exact) mass is 489 g/mol. The van der Waals surface area contributed by atoms with Gasteiger partial charge in [-0.3, -0.25) is 0 Å². The van der Waals surface area contributed by atoms with Crippen LogP contribution in [0, 0.1) is 5.82 Å². The van der Waals surface area contributed by atoms with Crippen LogP contribution < -0.4 is 9.47 Å². The van der Waals surface area contributed by atoms with Crippen LogP contribution in [0.5, 0.6) is 11.5 Å². The van der Waals surface area contributed by atoms with E-state index in [1.165, 1.54) is 23.5 Å². The third-order valence-electron chi connectivity index (χ3n) is 5.16. The fraction of sp³-hybridized carbons (Fsp3) is 0.143. The maximum absolute atomic E-state index is 13.4.